The number of hydrogen-bond acceptors (Lipinski definition) is 5. The second kappa shape index (κ2) is 7.74. The first-order valence-corrected chi connectivity index (χ1v) is 7.56. The van der Waals surface area contributed by atoms with Crippen LogP contribution < -0.4 is 5.32 Å². The molecule has 2 unspecified atom stereocenters. The van der Waals surface area contributed by atoms with Crippen molar-refractivity contribution in [3.63, 3.8) is 0 Å². The van der Waals surface area contributed by atoms with Crippen LogP contribution in [-0.4, -0.2) is 29.8 Å². The standard InChI is InChI=1S/C15H29N3O2/c1-7-15(5,19-6)14-17-13(20-18-14)10-12(16-8-2)9-11(3)4/h11-12,16H,7-10H2,1-6H3. The minimum absolute atomic E-state index is 0.378. The SMILES string of the molecule is CCNC(Cc1nc(C(C)(CC)OC)no1)CC(C)C. The summed E-state index contributed by atoms with van der Waals surface area (Å²) in [5, 5.41) is 7.56. The Hall–Kier alpha value is -0.940. The van der Waals surface area contributed by atoms with Crippen molar-refractivity contribution in [2.24, 2.45) is 5.92 Å². The average Bonchev–Trinajstić information content (AvgIpc) is 2.86. The first kappa shape index (κ1) is 17.1. The molecule has 20 heavy (non-hydrogen) atoms. The van der Waals surface area contributed by atoms with Gasteiger partial charge in [-0.05, 0) is 32.2 Å². The lowest BCUT2D eigenvalue weighted by Crippen LogP contribution is -2.32. The van der Waals surface area contributed by atoms with E-state index in [9.17, 15) is 0 Å². The average molecular weight is 283 g/mol. The zero-order valence-electron chi connectivity index (χ0n) is 13.7. The van der Waals surface area contributed by atoms with Gasteiger partial charge in [0.1, 0.15) is 5.60 Å². The van der Waals surface area contributed by atoms with Crippen LogP contribution in [0.2, 0.25) is 0 Å². The van der Waals surface area contributed by atoms with Gasteiger partial charge in [0.25, 0.3) is 0 Å². The number of rotatable bonds is 9. The van der Waals surface area contributed by atoms with Crippen molar-refractivity contribution < 1.29 is 9.26 Å². The molecule has 0 aliphatic heterocycles. The largest absolute Gasteiger partial charge is 0.370 e. The molecule has 0 fully saturated rings. The van der Waals surface area contributed by atoms with Crippen LogP contribution in [0, 0.1) is 5.92 Å². The Bertz CT molecular complexity index is 386. The molecule has 2 atom stereocenters. The van der Waals surface area contributed by atoms with E-state index in [1.54, 1.807) is 7.11 Å². The van der Waals surface area contributed by atoms with E-state index < -0.39 is 5.60 Å². The van der Waals surface area contributed by atoms with Gasteiger partial charge in [0, 0.05) is 19.6 Å². The summed E-state index contributed by atoms with van der Waals surface area (Å²) in [4.78, 5) is 4.51. The lowest BCUT2D eigenvalue weighted by molar-refractivity contribution is -0.0106. The molecule has 0 aliphatic rings. The Kier molecular flexibility index (Phi) is 6.62. The number of methoxy groups -OCH3 is 1. The number of aromatic nitrogens is 2. The molecular formula is C15H29N3O2. The van der Waals surface area contributed by atoms with Gasteiger partial charge in [0.15, 0.2) is 0 Å². The maximum absolute atomic E-state index is 5.50. The zero-order chi connectivity index (χ0) is 15.2. The van der Waals surface area contributed by atoms with Crippen LogP contribution in [0.4, 0.5) is 0 Å². The third-order valence-electron chi connectivity index (χ3n) is 3.74. The van der Waals surface area contributed by atoms with Gasteiger partial charge in [-0.1, -0.05) is 32.9 Å². The molecule has 1 aromatic heterocycles. The van der Waals surface area contributed by atoms with Crippen LogP contribution in [0.3, 0.4) is 0 Å². The summed E-state index contributed by atoms with van der Waals surface area (Å²) in [6.07, 6.45) is 2.68. The maximum atomic E-state index is 5.50. The lowest BCUT2D eigenvalue weighted by atomic mass is 10.0. The molecule has 1 rings (SSSR count). The van der Waals surface area contributed by atoms with E-state index in [1.165, 1.54) is 0 Å². The van der Waals surface area contributed by atoms with Gasteiger partial charge in [-0.15, -0.1) is 0 Å². The molecule has 5 heteroatoms. The Labute approximate surface area is 122 Å². The summed E-state index contributed by atoms with van der Waals surface area (Å²) in [5.41, 5.74) is -0.465. The molecular weight excluding hydrogens is 254 g/mol. The van der Waals surface area contributed by atoms with E-state index >= 15 is 0 Å². The highest BCUT2D eigenvalue weighted by atomic mass is 16.5. The molecule has 0 amide bonds. The number of ether oxygens (including phenoxy) is 1. The number of nitrogens with zero attached hydrogens (tertiary/aromatic N) is 2. The molecule has 0 radical (unpaired) electrons. The van der Waals surface area contributed by atoms with Gasteiger partial charge in [-0.3, -0.25) is 0 Å². The van der Waals surface area contributed by atoms with Crippen LogP contribution in [0.15, 0.2) is 4.52 Å². The zero-order valence-corrected chi connectivity index (χ0v) is 13.7. The quantitative estimate of drug-likeness (QED) is 0.755. The van der Waals surface area contributed by atoms with E-state index in [4.69, 9.17) is 9.26 Å². The Morgan fingerprint density at radius 1 is 1.35 bits per heavy atom. The van der Waals surface area contributed by atoms with Gasteiger partial charge in [-0.2, -0.15) is 4.98 Å². The summed E-state index contributed by atoms with van der Waals surface area (Å²) < 4.78 is 10.9. The smallest absolute Gasteiger partial charge is 0.228 e. The molecule has 116 valence electrons. The van der Waals surface area contributed by atoms with Gasteiger partial charge in [0.05, 0.1) is 0 Å². The van der Waals surface area contributed by atoms with Crippen molar-refractivity contribution in [3.8, 4) is 0 Å². The first-order valence-electron chi connectivity index (χ1n) is 7.56. The van der Waals surface area contributed by atoms with Crippen molar-refractivity contribution >= 4 is 0 Å². The van der Waals surface area contributed by atoms with Crippen LogP contribution in [-0.2, 0) is 16.8 Å². The molecule has 1 heterocycles. The van der Waals surface area contributed by atoms with E-state index in [2.05, 4.69) is 43.2 Å². The van der Waals surface area contributed by atoms with Gasteiger partial charge >= 0.3 is 0 Å². The topological polar surface area (TPSA) is 60.2 Å². The van der Waals surface area contributed by atoms with Gasteiger partial charge in [0.2, 0.25) is 11.7 Å². The third kappa shape index (κ3) is 4.56. The highest BCUT2D eigenvalue weighted by molar-refractivity contribution is 5.00. The van der Waals surface area contributed by atoms with Crippen molar-refractivity contribution in [1.82, 2.24) is 15.5 Å². The molecule has 1 N–H and O–H groups in total. The number of likely N-dealkylation sites (N-methyl/N-ethyl adjacent to an activating group) is 1. The molecule has 5 nitrogen and oxygen atoms in total. The predicted octanol–water partition coefficient (Wildman–Crippen LogP) is 2.91. The highest BCUT2D eigenvalue weighted by Gasteiger charge is 2.30. The van der Waals surface area contributed by atoms with Crippen LogP contribution in [0.1, 0.15) is 59.2 Å². The maximum Gasteiger partial charge on any atom is 0.228 e. The van der Waals surface area contributed by atoms with Crippen molar-refractivity contribution in [2.75, 3.05) is 13.7 Å². The van der Waals surface area contributed by atoms with Crippen LogP contribution in [0.25, 0.3) is 0 Å². The number of nitrogens with one attached hydrogen (secondary N) is 1. The van der Waals surface area contributed by atoms with Crippen molar-refractivity contribution in [3.05, 3.63) is 11.7 Å². The monoisotopic (exact) mass is 283 g/mol. The van der Waals surface area contributed by atoms with Crippen LogP contribution >= 0.6 is 0 Å². The Morgan fingerprint density at radius 2 is 2.05 bits per heavy atom. The molecule has 0 aromatic carbocycles. The van der Waals surface area contributed by atoms with E-state index in [1.807, 2.05) is 6.92 Å². The summed E-state index contributed by atoms with van der Waals surface area (Å²) >= 11 is 0. The Morgan fingerprint density at radius 3 is 2.55 bits per heavy atom. The Balaban J connectivity index is 2.75. The lowest BCUT2D eigenvalue weighted by Gasteiger charge is -2.22. The normalized spacial score (nSPS) is 16.4. The second-order valence-corrected chi connectivity index (χ2v) is 5.89. The first-order chi connectivity index (χ1) is 9.45. The van der Waals surface area contributed by atoms with E-state index in [0.29, 0.717) is 23.7 Å². The highest BCUT2D eigenvalue weighted by Crippen LogP contribution is 2.25. The van der Waals surface area contributed by atoms with E-state index in [-0.39, 0.29) is 0 Å². The molecule has 0 saturated heterocycles. The summed E-state index contributed by atoms with van der Waals surface area (Å²) in [5.74, 6) is 1.96. The van der Waals surface area contributed by atoms with Crippen molar-refractivity contribution in [1.29, 1.82) is 0 Å². The molecule has 0 aliphatic carbocycles. The fourth-order valence-corrected chi connectivity index (χ4v) is 2.25. The summed E-state index contributed by atoms with van der Waals surface area (Å²) in [7, 11) is 1.68. The summed E-state index contributed by atoms with van der Waals surface area (Å²) in [6.45, 7) is 11.6. The fourth-order valence-electron chi connectivity index (χ4n) is 2.25. The number of hydrogen-bond donors (Lipinski definition) is 1. The fraction of sp³-hybridized carbons (Fsp3) is 0.867. The van der Waals surface area contributed by atoms with Crippen molar-refractivity contribution in [2.45, 2.75) is 65.5 Å². The van der Waals surface area contributed by atoms with Crippen LogP contribution in [0.5, 0.6) is 0 Å². The molecule has 0 saturated carbocycles. The molecule has 0 spiro atoms. The second-order valence-electron chi connectivity index (χ2n) is 5.89. The predicted molar refractivity (Wildman–Crippen MR) is 79.6 cm³/mol. The van der Waals surface area contributed by atoms with E-state index in [0.717, 1.165) is 25.8 Å². The molecule has 0 bridgehead atoms. The third-order valence-corrected chi connectivity index (χ3v) is 3.74. The minimum atomic E-state index is -0.465. The van der Waals surface area contributed by atoms with Gasteiger partial charge in [-0.25, -0.2) is 0 Å². The van der Waals surface area contributed by atoms with Gasteiger partial charge < -0.3 is 14.6 Å². The molecule has 1 aromatic rings. The minimum Gasteiger partial charge on any atom is -0.370 e. The summed E-state index contributed by atoms with van der Waals surface area (Å²) in [6, 6.07) is 0.378.